The third-order valence-corrected chi connectivity index (χ3v) is 4.67. The number of ether oxygens (including phenoxy) is 3. The fourth-order valence-electron chi connectivity index (χ4n) is 2.93. The largest absolute Gasteiger partial charge is 0.493 e. The maximum absolute atomic E-state index is 12.2. The van der Waals surface area contributed by atoms with Gasteiger partial charge in [0.25, 0.3) is 11.4 Å². The van der Waals surface area contributed by atoms with Crippen LogP contribution in [0.3, 0.4) is 0 Å². The number of hydrogen-bond acceptors (Lipinski definition) is 8. The first-order valence-corrected chi connectivity index (χ1v) is 9.96. The van der Waals surface area contributed by atoms with Gasteiger partial charge in [-0.05, 0) is 48.9 Å². The normalized spacial score (nSPS) is 10.6. The van der Waals surface area contributed by atoms with Gasteiger partial charge in [0.1, 0.15) is 5.75 Å². The molecule has 0 saturated heterocycles. The number of aryl methyl sites for hydroxylation is 1. The summed E-state index contributed by atoms with van der Waals surface area (Å²) >= 11 is 0. The van der Waals surface area contributed by atoms with Gasteiger partial charge in [0.05, 0.1) is 28.6 Å². The molecule has 0 aliphatic rings. The van der Waals surface area contributed by atoms with Crippen molar-refractivity contribution in [1.82, 2.24) is 0 Å². The number of rotatable bonds is 9. The third kappa shape index (κ3) is 6.16. The van der Waals surface area contributed by atoms with Gasteiger partial charge in [-0.25, -0.2) is 4.79 Å². The van der Waals surface area contributed by atoms with Gasteiger partial charge in [-0.2, -0.15) is 0 Å². The Labute approximate surface area is 194 Å². The summed E-state index contributed by atoms with van der Waals surface area (Å²) in [6, 6.07) is 15.3. The van der Waals surface area contributed by atoms with Crippen LogP contribution in [-0.2, 0) is 4.79 Å². The number of nitrogens with zero attached hydrogens (tertiary/aromatic N) is 2. The lowest BCUT2D eigenvalue weighted by atomic mass is 10.1. The highest BCUT2D eigenvalue weighted by Crippen LogP contribution is 2.30. The fraction of sp³-hybridized carbons (Fsp3) is 0.125. The van der Waals surface area contributed by atoms with E-state index in [1.807, 2.05) is 19.1 Å². The van der Waals surface area contributed by atoms with Gasteiger partial charge in [-0.1, -0.05) is 29.8 Å². The molecule has 3 aromatic rings. The molecule has 3 aromatic carbocycles. The lowest BCUT2D eigenvalue weighted by Gasteiger charge is -2.11. The molecule has 0 atom stereocenters. The van der Waals surface area contributed by atoms with E-state index < -0.39 is 21.5 Å². The molecule has 0 heterocycles. The van der Waals surface area contributed by atoms with Crippen molar-refractivity contribution in [2.24, 2.45) is 0 Å². The highest BCUT2D eigenvalue weighted by atomic mass is 16.6. The Kier molecular flexibility index (Phi) is 7.55. The van der Waals surface area contributed by atoms with E-state index in [1.165, 1.54) is 31.4 Å². The summed E-state index contributed by atoms with van der Waals surface area (Å²) in [7, 11) is 1.41. The molecular weight excluding hydrogens is 444 g/mol. The van der Waals surface area contributed by atoms with Crippen LogP contribution in [0.4, 0.5) is 11.4 Å². The number of non-ortho nitro benzene ring substituents is 1. The zero-order valence-electron chi connectivity index (χ0n) is 18.3. The molecule has 0 aromatic heterocycles. The van der Waals surface area contributed by atoms with E-state index >= 15 is 0 Å². The smallest absolute Gasteiger partial charge is 0.349 e. The summed E-state index contributed by atoms with van der Waals surface area (Å²) in [6.07, 6.45) is 3.03. The van der Waals surface area contributed by atoms with Crippen LogP contribution in [0.5, 0.6) is 17.2 Å². The number of carbonyl (C=O) groups is 1. The quantitative estimate of drug-likeness (QED) is 0.142. The average Bonchev–Trinajstić information content (AvgIpc) is 2.82. The van der Waals surface area contributed by atoms with Gasteiger partial charge in [0.2, 0.25) is 0 Å². The van der Waals surface area contributed by atoms with E-state index in [9.17, 15) is 25.0 Å². The summed E-state index contributed by atoms with van der Waals surface area (Å²) in [5, 5.41) is 22.2. The average molecular weight is 464 g/mol. The molecule has 0 saturated carbocycles. The first-order chi connectivity index (χ1) is 16.3. The first-order valence-electron chi connectivity index (χ1n) is 9.96. The molecular formula is C24H20N2O8. The standard InChI is InChI=1S/C24H20N2O8/c1-16-3-10-20(11-4-16)33-15-24(27)34-22-12-6-17(13-23(22)32-2)5-7-18-8-9-19(25(28)29)14-21(18)26(30)31/h3-14H,15H2,1-2H3/b7-5+. The van der Waals surface area contributed by atoms with Crippen LogP contribution in [-0.4, -0.2) is 29.5 Å². The second-order valence-electron chi connectivity index (χ2n) is 7.08. The van der Waals surface area contributed by atoms with Gasteiger partial charge < -0.3 is 14.2 Å². The third-order valence-electron chi connectivity index (χ3n) is 4.67. The van der Waals surface area contributed by atoms with Crippen molar-refractivity contribution in [1.29, 1.82) is 0 Å². The van der Waals surface area contributed by atoms with Crippen LogP contribution in [0, 0.1) is 27.2 Å². The highest BCUT2D eigenvalue weighted by Gasteiger charge is 2.18. The van der Waals surface area contributed by atoms with Crippen LogP contribution in [0.2, 0.25) is 0 Å². The van der Waals surface area contributed by atoms with Gasteiger partial charge >= 0.3 is 5.97 Å². The van der Waals surface area contributed by atoms with E-state index in [1.54, 1.807) is 30.3 Å². The lowest BCUT2D eigenvalue weighted by Crippen LogP contribution is -2.18. The molecule has 3 rings (SSSR count). The molecule has 0 unspecified atom stereocenters. The molecule has 0 fully saturated rings. The summed E-state index contributed by atoms with van der Waals surface area (Å²) in [4.78, 5) is 32.9. The molecule has 0 amide bonds. The molecule has 0 N–H and O–H groups in total. The Morgan fingerprint density at radius 3 is 2.29 bits per heavy atom. The van der Waals surface area contributed by atoms with Crippen molar-refractivity contribution in [2.75, 3.05) is 13.7 Å². The summed E-state index contributed by atoms with van der Waals surface area (Å²) in [5.41, 5.74) is 1.09. The van der Waals surface area contributed by atoms with Crippen molar-refractivity contribution in [2.45, 2.75) is 6.92 Å². The number of nitro groups is 2. The van der Waals surface area contributed by atoms with E-state index in [-0.39, 0.29) is 29.4 Å². The van der Waals surface area contributed by atoms with Gasteiger partial charge in [-0.15, -0.1) is 0 Å². The summed E-state index contributed by atoms with van der Waals surface area (Å²) in [6.45, 7) is 1.65. The second-order valence-corrected chi connectivity index (χ2v) is 7.08. The predicted molar refractivity (Wildman–Crippen MR) is 124 cm³/mol. The van der Waals surface area contributed by atoms with Crippen molar-refractivity contribution in [3.63, 3.8) is 0 Å². The fourth-order valence-corrected chi connectivity index (χ4v) is 2.93. The Balaban J connectivity index is 1.71. The van der Waals surface area contributed by atoms with E-state index in [0.717, 1.165) is 11.6 Å². The molecule has 0 aliphatic carbocycles. The molecule has 34 heavy (non-hydrogen) atoms. The van der Waals surface area contributed by atoms with Crippen LogP contribution in [0.1, 0.15) is 16.7 Å². The van der Waals surface area contributed by atoms with Crippen LogP contribution >= 0.6 is 0 Å². The Hall–Kier alpha value is -4.73. The van der Waals surface area contributed by atoms with Gasteiger partial charge in [-0.3, -0.25) is 20.2 Å². The molecule has 174 valence electrons. The Bertz CT molecular complexity index is 1250. The van der Waals surface area contributed by atoms with Crippen molar-refractivity contribution in [3.8, 4) is 17.2 Å². The second kappa shape index (κ2) is 10.7. The molecule has 0 aliphatic heterocycles. The molecule has 10 heteroatoms. The minimum Gasteiger partial charge on any atom is -0.493 e. The number of hydrogen-bond donors (Lipinski definition) is 0. The monoisotopic (exact) mass is 464 g/mol. The minimum absolute atomic E-state index is 0.179. The summed E-state index contributed by atoms with van der Waals surface area (Å²) < 4.78 is 16.0. The molecule has 10 nitrogen and oxygen atoms in total. The SMILES string of the molecule is COc1cc(/C=C/c2ccc([N+](=O)[O-])cc2[N+](=O)[O-])ccc1OC(=O)COc1ccc(C)cc1. The predicted octanol–water partition coefficient (Wildman–Crippen LogP) is 4.97. The minimum atomic E-state index is -0.697. The van der Waals surface area contributed by atoms with Gasteiger partial charge in [0.15, 0.2) is 18.1 Å². The van der Waals surface area contributed by atoms with Crippen molar-refractivity contribution < 1.29 is 28.9 Å². The van der Waals surface area contributed by atoms with E-state index in [0.29, 0.717) is 11.3 Å². The molecule has 0 bridgehead atoms. The highest BCUT2D eigenvalue weighted by molar-refractivity contribution is 5.77. The molecule has 0 spiro atoms. The Morgan fingerprint density at radius 1 is 0.912 bits per heavy atom. The van der Waals surface area contributed by atoms with Crippen LogP contribution in [0.25, 0.3) is 12.2 Å². The number of methoxy groups -OCH3 is 1. The Morgan fingerprint density at radius 2 is 1.65 bits per heavy atom. The first kappa shape index (κ1) is 23.9. The zero-order valence-corrected chi connectivity index (χ0v) is 18.3. The summed E-state index contributed by atoms with van der Waals surface area (Å²) in [5.74, 6) is 0.363. The zero-order chi connectivity index (χ0) is 24.7. The topological polar surface area (TPSA) is 131 Å². The number of carbonyl (C=O) groups excluding carboxylic acids is 1. The lowest BCUT2D eigenvalue weighted by molar-refractivity contribution is -0.394. The van der Waals surface area contributed by atoms with Crippen LogP contribution in [0.15, 0.2) is 60.7 Å². The van der Waals surface area contributed by atoms with E-state index in [2.05, 4.69) is 0 Å². The van der Waals surface area contributed by atoms with E-state index in [4.69, 9.17) is 14.2 Å². The maximum atomic E-state index is 12.2. The van der Waals surface area contributed by atoms with Crippen molar-refractivity contribution in [3.05, 3.63) is 97.6 Å². The molecule has 0 radical (unpaired) electrons. The number of nitro benzene ring substituents is 2. The van der Waals surface area contributed by atoms with Crippen LogP contribution < -0.4 is 14.2 Å². The maximum Gasteiger partial charge on any atom is 0.349 e. The number of esters is 1. The number of benzene rings is 3. The van der Waals surface area contributed by atoms with Crippen molar-refractivity contribution >= 4 is 29.5 Å². The van der Waals surface area contributed by atoms with Gasteiger partial charge in [0, 0.05) is 6.07 Å².